The number of carbonyl (C=O) groups is 2. The van der Waals surface area contributed by atoms with Crippen LogP contribution in [0.25, 0.3) is 0 Å². The number of carboxylic acid groups (broad SMARTS) is 1. The van der Waals surface area contributed by atoms with Gasteiger partial charge in [-0.3, -0.25) is 4.79 Å². The molecule has 0 spiro atoms. The van der Waals surface area contributed by atoms with E-state index in [9.17, 15) is 9.59 Å². The Labute approximate surface area is 96.7 Å². The van der Waals surface area contributed by atoms with Gasteiger partial charge in [-0.15, -0.1) is 11.3 Å². The van der Waals surface area contributed by atoms with Crippen LogP contribution in [0.5, 0.6) is 0 Å². The first-order chi connectivity index (χ1) is 7.59. The Balaban J connectivity index is 2.18. The molecule has 0 saturated carbocycles. The molecule has 0 saturated heterocycles. The lowest BCUT2D eigenvalue weighted by atomic mass is 10.3. The van der Waals surface area contributed by atoms with Crippen LogP contribution in [0.4, 0.5) is 4.79 Å². The Morgan fingerprint density at radius 3 is 2.94 bits per heavy atom. The molecule has 0 aliphatic carbocycles. The number of hydrogen-bond acceptors (Lipinski definition) is 4. The maximum absolute atomic E-state index is 11.2. The SMILES string of the molecule is CC(NC(=O)NCCc1nccs1)C(=O)O. The number of carbonyl (C=O) groups excluding carboxylic acids is 1. The van der Waals surface area contributed by atoms with E-state index in [1.54, 1.807) is 6.20 Å². The second-order valence-electron chi connectivity index (χ2n) is 3.14. The van der Waals surface area contributed by atoms with Crippen LogP contribution in [-0.2, 0) is 11.2 Å². The minimum Gasteiger partial charge on any atom is -0.480 e. The summed E-state index contributed by atoms with van der Waals surface area (Å²) in [4.78, 5) is 25.7. The second kappa shape index (κ2) is 6.06. The first-order valence-corrected chi connectivity index (χ1v) is 5.63. The summed E-state index contributed by atoms with van der Waals surface area (Å²) in [5.74, 6) is -1.06. The van der Waals surface area contributed by atoms with E-state index in [-0.39, 0.29) is 0 Å². The molecule has 2 amide bonds. The summed E-state index contributed by atoms with van der Waals surface area (Å²) in [5.41, 5.74) is 0. The molecular weight excluding hydrogens is 230 g/mol. The van der Waals surface area contributed by atoms with Crippen LogP contribution in [-0.4, -0.2) is 34.7 Å². The van der Waals surface area contributed by atoms with Gasteiger partial charge in [0, 0.05) is 24.5 Å². The van der Waals surface area contributed by atoms with Gasteiger partial charge >= 0.3 is 12.0 Å². The lowest BCUT2D eigenvalue weighted by Gasteiger charge is -2.09. The Morgan fingerprint density at radius 1 is 1.62 bits per heavy atom. The number of thiazole rings is 1. The zero-order valence-electron chi connectivity index (χ0n) is 8.77. The molecule has 0 aromatic carbocycles. The van der Waals surface area contributed by atoms with Crippen molar-refractivity contribution in [2.75, 3.05) is 6.54 Å². The van der Waals surface area contributed by atoms with Crippen LogP contribution in [0.15, 0.2) is 11.6 Å². The van der Waals surface area contributed by atoms with Crippen molar-refractivity contribution in [2.24, 2.45) is 0 Å². The number of amides is 2. The van der Waals surface area contributed by atoms with E-state index in [4.69, 9.17) is 5.11 Å². The molecule has 1 unspecified atom stereocenters. The molecule has 7 heteroatoms. The van der Waals surface area contributed by atoms with Crippen molar-refractivity contribution >= 4 is 23.3 Å². The van der Waals surface area contributed by atoms with Gasteiger partial charge in [0.1, 0.15) is 6.04 Å². The van der Waals surface area contributed by atoms with Crippen molar-refractivity contribution in [2.45, 2.75) is 19.4 Å². The molecule has 0 bridgehead atoms. The van der Waals surface area contributed by atoms with E-state index in [2.05, 4.69) is 15.6 Å². The van der Waals surface area contributed by atoms with E-state index < -0.39 is 18.0 Å². The maximum atomic E-state index is 11.2. The number of hydrogen-bond donors (Lipinski definition) is 3. The van der Waals surface area contributed by atoms with Crippen LogP contribution < -0.4 is 10.6 Å². The van der Waals surface area contributed by atoms with E-state index in [0.29, 0.717) is 13.0 Å². The molecule has 1 aromatic heterocycles. The van der Waals surface area contributed by atoms with Crippen LogP contribution in [0, 0.1) is 0 Å². The summed E-state index contributed by atoms with van der Waals surface area (Å²) in [7, 11) is 0. The van der Waals surface area contributed by atoms with Gasteiger partial charge in [0.05, 0.1) is 5.01 Å². The highest BCUT2D eigenvalue weighted by Gasteiger charge is 2.12. The quantitative estimate of drug-likeness (QED) is 0.700. The zero-order chi connectivity index (χ0) is 12.0. The Bertz CT molecular complexity index is 353. The third-order valence-electron chi connectivity index (χ3n) is 1.83. The second-order valence-corrected chi connectivity index (χ2v) is 4.12. The highest BCUT2D eigenvalue weighted by Crippen LogP contribution is 2.03. The molecular formula is C9H13N3O3S. The molecule has 1 rings (SSSR count). The van der Waals surface area contributed by atoms with E-state index in [1.165, 1.54) is 18.3 Å². The average Bonchev–Trinajstić information content (AvgIpc) is 2.70. The van der Waals surface area contributed by atoms with E-state index in [0.717, 1.165) is 5.01 Å². The van der Waals surface area contributed by atoms with Gasteiger partial charge < -0.3 is 15.7 Å². The van der Waals surface area contributed by atoms with Crippen LogP contribution in [0.2, 0.25) is 0 Å². The summed E-state index contributed by atoms with van der Waals surface area (Å²) in [6, 6.07) is -1.37. The fourth-order valence-corrected chi connectivity index (χ4v) is 1.59. The largest absolute Gasteiger partial charge is 0.480 e. The third kappa shape index (κ3) is 4.26. The van der Waals surface area contributed by atoms with Gasteiger partial charge in [-0.2, -0.15) is 0 Å². The Hall–Kier alpha value is -1.63. The minimum atomic E-state index is -1.06. The fraction of sp³-hybridized carbons (Fsp3) is 0.444. The number of aliphatic carboxylic acids is 1. The lowest BCUT2D eigenvalue weighted by molar-refractivity contribution is -0.138. The van der Waals surface area contributed by atoms with Crippen molar-refractivity contribution in [3.05, 3.63) is 16.6 Å². The number of nitrogens with one attached hydrogen (secondary N) is 2. The van der Waals surface area contributed by atoms with Crippen molar-refractivity contribution in [3.63, 3.8) is 0 Å². The van der Waals surface area contributed by atoms with Crippen molar-refractivity contribution in [1.82, 2.24) is 15.6 Å². The predicted molar refractivity (Wildman–Crippen MR) is 59.5 cm³/mol. The van der Waals surface area contributed by atoms with Gasteiger partial charge in [0.15, 0.2) is 0 Å². The number of urea groups is 1. The average molecular weight is 243 g/mol. The summed E-state index contributed by atoms with van der Waals surface area (Å²) in [6.45, 7) is 1.84. The van der Waals surface area contributed by atoms with Gasteiger partial charge in [0.25, 0.3) is 0 Å². The molecule has 1 heterocycles. The molecule has 88 valence electrons. The monoisotopic (exact) mass is 243 g/mol. The smallest absolute Gasteiger partial charge is 0.325 e. The van der Waals surface area contributed by atoms with E-state index >= 15 is 0 Å². The highest BCUT2D eigenvalue weighted by molar-refractivity contribution is 7.09. The van der Waals surface area contributed by atoms with Gasteiger partial charge in [-0.05, 0) is 6.92 Å². The molecule has 16 heavy (non-hydrogen) atoms. The minimum absolute atomic E-state index is 0.436. The molecule has 6 nitrogen and oxygen atoms in total. The van der Waals surface area contributed by atoms with Crippen LogP contribution >= 0.6 is 11.3 Å². The van der Waals surface area contributed by atoms with Crippen molar-refractivity contribution in [3.8, 4) is 0 Å². The number of nitrogens with zero attached hydrogens (tertiary/aromatic N) is 1. The topological polar surface area (TPSA) is 91.3 Å². The standard InChI is InChI=1S/C9H13N3O3S/c1-6(8(13)14)12-9(15)11-3-2-7-10-4-5-16-7/h4-6H,2-3H2,1H3,(H,13,14)(H2,11,12,15). The maximum Gasteiger partial charge on any atom is 0.325 e. The predicted octanol–water partition coefficient (Wildman–Crippen LogP) is 0.458. The number of aromatic nitrogens is 1. The molecule has 0 aliphatic rings. The normalized spacial score (nSPS) is 11.8. The first kappa shape index (κ1) is 12.4. The number of carboxylic acids is 1. The number of rotatable bonds is 5. The lowest BCUT2D eigenvalue weighted by Crippen LogP contribution is -2.44. The third-order valence-corrected chi connectivity index (χ3v) is 2.67. The Kier molecular flexibility index (Phi) is 4.71. The molecule has 3 N–H and O–H groups in total. The molecule has 0 radical (unpaired) electrons. The van der Waals surface area contributed by atoms with Crippen LogP contribution in [0.3, 0.4) is 0 Å². The summed E-state index contributed by atoms with van der Waals surface area (Å²) in [6.07, 6.45) is 2.35. The zero-order valence-corrected chi connectivity index (χ0v) is 9.58. The van der Waals surface area contributed by atoms with Gasteiger partial charge in [0.2, 0.25) is 0 Å². The van der Waals surface area contributed by atoms with Gasteiger partial charge in [-0.25, -0.2) is 9.78 Å². The summed E-state index contributed by atoms with van der Waals surface area (Å²) in [5, 5.41) is 16.2. The van der Waals surface area contributed by atoms with Gasteiger partial charge in [-0.1, -0.05) is 0 Å². The highest BCUT2D eigenvalue weighted by atomic mass is 32.1. The first-order valence-electron chi connectivity index (χ1n) is 4.75. The molecule has 0 aliphatic heterocycles. The summed E-state index contributed by atoms with van der Waals surface area (Å²) >= 11 is 1.52. The molecule has 0 fully saturated rings. The molecule has 1 aromatic rings. The molecule has 1 atom stereocenters. The van der Waals surface area contributed by atoms with Crippen LogP contribution in [0.1, 0.15) is 11.9 Å². The summed E-state index contributed by atoms with van der Waals surface area (Å²) < 4.78 is 0. The Morgan fingerprint density at radius 2 is 2.38 bits per heavy atom. The fourth-order valence-electron chi connectivity index (χ4n) is 0.969. The van der Waals surface area contributed by atoms with Crippen molar-refractivity contribution < 1.29 is 14.7 Å². The van der Waals surface area contributed by atoms with Crippen molar-refractivity contribution in [1.29, 1.82) is 0 Å². The van der Waals surface area contributed by atoms with E-state index in [1.807, 2.05) is 5.38 Å².